The maximum Gasteiger partial charge on any atom is 0.308 e. The van der Waals surface area contributed by atoms with Gasteiger partial charge in [0.05, 0.1) is 12.1 Å². The number of carbonyl (C=O) groups excluding carboxylic acids is 3. The molecule has 1 atom stereocenters. The van der Waals surface area contributed by atoms with Crippen molar-refractivity contribution in [2.75, 3.05) is 11.9 Å². The van der Waals surface area contributed by atoms with Crippen LogP contribution in [0.5, 0.6) is 0 Å². The summed E-state index contributed by atoms with van der Waals surface area (Å²) in [5.74, 6) is -2.26. The molecule has 2 amide bonds. The summed E-state index contributed by atoms with van der Waals surface area (Å²) in [6.45, 7) is 1.42. The molecule has 2 aromatic rings. The standard InChI is InChI=1S/C19H18ClFN2O4/c1-12(18(25)23-16-5-3-2-4-15(16)21)27-17(24)10-11-22-19(26)13-6-8-14(20)9-7-13/h2-9,12H,10-11H2,1H3,(H,22,26)(H,23,25)/t12-/m0/s1. The van der Waals surface area contributed by atoms with Crippen LogP contribution in [-0.4, -0.2) is 30.4 Å². The Morgan fingerprint density at radius 2 is 1.78 bits per heavy atom. The van der Waals surface area contributed by atoms with E-state index in [9.17, 15) is 18.8 Å². The average Bonchev–Trinajstić information content (AvgIpc) is 2.64. The van der Waals surface area contributed by atoms with E-state index < -0.39 is 23.8 Å². The number of halogens is 2. The molecular weight excluding hydrogens is 375 g/mol. The number of anilines is 1. The Bertz CT molecular complexity index is 827. The van der Waals surface area contributed by atoms with Gasteiger partial charge < -0.3 is 15.4 Å². The van der Waals surface area contributed by atoms with Gasteiger partial charge in [-0.05, 0) is 43.3 Å². The fraction of sp³-hybridized carbons (Fsp3) is 0.211. The Hall–Kier alpha value is -2.93. The van der Waals surface area contributed by atoms with Gasteiger partial charge in [0.1, 0.15) is 5.82 Å². The van der Waals surface area contributed by atoms with E-state index in [1.165, 1.54) is 25.1 Å². The van der Waals surface area contributed by atoms with Crippen molar-refractivity contribution in [1.82, 2.24) is 5.32 Å². The maximum atomic E-state index is 13.5. The summed E-state index contributed by atoms with van der Waals surface area (Å²) in [7, 11) is 0. The number of amides is 2. The van der Waals surface area contributed by atoms with Gasteiger partial charge in [-0.1, -0.05) is 23.7 Å². The molecule has 0 aliphatic heterocycles. The number of nitrogens with one attached hydrogen (secondary N) is 2. The molecule has 27 heavy (non-hydrogen) atoms. The number of ether oxygens (including phenoxy) is 1. The molecule has 8 heteroatoms. The van der Waals surface area contributed by atoms with Gasteiger partial charge in [-0.3, -0.25) is 14.4 Å². The third kappa shape index (κ3) is 6.38. The van der Waals surface area contributed by atoms with E-state index in [4.69, 9.17) is 16.3 Å². The molecule has 0 spiro atoms. The van der Waals surface area contributed by atoms with Crippen molar-refractivity contribution in [2.45, 2.75) is 19.4 Å². The van der Waals surface area contributed by atoms with Crippen molar-refractivity contribution in [2.24, 2.45) is 0 Å². The fourth-order valence-corrected chi connectivity index (χ4v) is 2.21. The molecular formula is C19H18ClFN2O4. The summed E-state index contributed by atoms with van der Waals surface area (Å²) in [6, 6.07) is 12.0. The molecule has 0 heterocycles. The Morgan fingerprint density at radius 3 is 2.44 bits per heavy atom. The second-order valence-corrected chi connectivity index (χ2v) is 6.05. The predicted octanol–water partition coefficient (Wildman–Crippen LogP) is 3.17. The quantitative estimate of drug-likeness (QED) is 0.709. The van der Waals surface area contributed by atoms with Gasteiger partial charge in [0, 0.05) is 17.1 Å². The molecule has 2 aromatic carbocycles. The predicted molar refractivity (Wildman–Crippen MR) is 99.0 cm³/mol. The number of rotatable bonds is 7. The van der Waals surface area contributed by atoms with Gasteiger partial charge in [-0.2, -0.15) is 0 Å². The molecule has 0 unspecified atom stereocenters. The van der Waals surface area contributed by atoms with Crippen LogP contribution in [-0.2, 0) is 14.3 Å². The molecule has 2 rings (SSSR count). The van der Waals surface area contributed by atoms with Crippen molar-refractivity contribution >= 4 is 35.1 Å². The van der Waals surface area contributed by atoms with Crippen LogP contribution in [0.2, 0.25) is 5.02 Å². The largest absolute Gasteiger partial charge is 0.452 e. The molecule has 0 aliphatic rings. The van der Waals surface area contributed by atoms with Crippen LogP contribution in [0.25, 0.3) is 0 Å². The van der Waals surface area contributed by atoms with Gasteiger partial charge in [0.25, 0.3) is 11.8 Å². The second kappa shape index (κ2) is 9.68. The van der Waals surface area contributed by atoms with Crippen molar-refractivity contribution in [3.8, 4) is 0 Å². The number of benzene rings is 2. The van der Waals surface area contributed by atoms with E-state index in [-0.39, 0.29) is 24.6 Å². The van der Waals surface area contributed by atoms with Gasteiger partial charge in [-0.25, -0.2) is 4.39 Å². The van der Waals surface area contributed by atoms with Gasteiger partial charge in [-0.15, -0.1) is 0 Å². The SMILES string of the molecule is C[C@H](OC(=O)CCNC(=O)c1ccc(Cl)cc1)C(=O)Nc1ccccc1F. The zero-order chi connectivity index (χ0) is 19.8. The number of para-hydroxylation sites is 1. The minimum absolute atomic E-state index is 0.000580. The monoisotopic (exact) mass is 392 g/mol. The van der Waals surface area contributed by atoms with Crippen LogP contribution in [0.4, 0.5) is 10.1 Å². The summed E-state index contributed by atoms with van der Waals surface area (Å²) in [6.07, 6.45) is -1.22. The van der Waals surface area contributed by atoms with E-state index in [0.29, 0.717) is 10.6 Å². The normalized spacial score (nSPS) is 11.4. The number of hydrogen-bond acceptors (Lipinski definition) is 4. The van der Waals surface area contributed by atoms with E-state index in [2.05, 4.69) is 10.6 Å². The Kier molecular flexibility index (Phi) is 7.31. The molecule has 0 aliphatic carbocycles. The molecule has 0 saturated carbocycles. The minimum atomic E-state index is -1.11. The van der Waals surface area contributed by atoms with E-state index >= 15 is 0 Å². The summed E-state index contributed by atoms with van der Waals surface area (Å²) < 4.78 is 18.5. The first kappa shape index (κ1) is 20.4. The zero-order valence-electron chi connectivity index (χ0n) is 14.5. The summed E-state index contributed by atoms with van der Waals surface area (Å²) >= 11 is 5.75. The first-order valence-corrected chi connectivity index (χ1v) is 8.53. The lowest BCUT2D eigenvalue weighted by atomic mass is 10.2. The van der Waals surface area contributed by atoms with Crippen LogP contribution >= 0.6 is 11.6 Å². The van der Waals surface area contributed by atoms with Crippen molar-refractivity contribution in [3.05, 3.63) is 64.9 Å². The average molecular weight is 393 g/mol. The number of carbonyl (C=O) groups is 3. The van der Waals surface area contributed by atoms with Crippen LogP contribution in [0.15, 0.2) is 48.5 Å². The second-order valence-electron chi connectivity index (χ2n) is 5.61. The molecule has 0 bridgehead atoms. The smallest absolute Gasteiger partial charge is 0.308 e. The van der Waals surface area contributed by atoms with Crippen molar-refractivity contribution in [1.29, 1.82) is 0 Å². The minimum Gasteiger partial charge on any atom is -0.452 e. The first-order chi connectivity index (χ1) is 12.9. The summed E-state index contributed by atoms with van der Waals surface area (Å²) in [5.41, 5.74) is 0.408. The lowest BCUT2D eigenvalue weighted by Gasteiger charge is -2.14. The molecule has 2 N–H and O–H groups in total. The molecule has 6 nitrogen and oxygen atoms in total. The summed E-state index contributed by atoms with van der Waals surface area (Å²) in [4.78, 5) is 35.7. The highest BCUT2D eigenvalue weighted by molar-refractivity contribution is 6.30. The Balaban J connectivity index is 1.74. The van der Waals surface area contributed by atoms with Crippen LogP contribution in [0.3, 0.4) is 0 Å². The van der Waals surface area contributed by atoms with Gasteiger partial charge in [0.15, 0.2) is 6.10 Å². The molecule has 0 saturated heterocycles. The number of esters is 1. The van der Waals surface area contributed by atoms with E-state index in [1.54, 1.807) is 30.3 Å². The number of hydrogen-bond donors (Lipinski definition) is 2. The highest BCUT2D eigenvalue weighted by atomic mass is 35.5. The summed E-state index contributed by atoms with van der Waals surface area (Å²) in [5, 5.41) is 5.42. The third-order valence-corrected chi connectivity index (χ3v) is 3.78. The fourth-order valence-electron chi connectivity index (χ4n) is 2.09. The molecule has 0 radical (unpaired) electrons. The van der Waals surface area contributed by atoms with Crippen molar-refractivity contribution < 1.29 is 23.5 Å². The highest BCUT2D eigenvalue weighted by Gasteiger charge is 2.19. The first-order valence-electron chi connectivity index (χ1n) is 8.15. The zero-order valence-corrected chi connectivity index (χ0v) is 15.3. The van der Waals surface area contributed by atoms with Crippen LogP contribution < -0.4 is 10.6 Å². The van der Waals surface area contributed by atoms with Crippen LogP contribution in [0, 0.1) is 5.82 Å². The highest BCUT2D eigenvalue weighted by Crippen LogP contribution is 2.13. The molecule has 0 aromatic heterocycles. The Morgan fingerprint density at radius 1 is 1.11 bits per heavy atom. The topological polar surface area (TPSA) is 84.5 Å². The third-order valence-electron chi connectivity index (χ3n) is 3.53. The molecule has 142 valence electrons. The maximum absolute atomic E-state index is 13.5. The van der Waals surface area contributed by atoms with Crippen molar-refractivity contribution in [3.63, 3.8) is 0 Å². The molecule has 0 fully saturated rings. The van der Waals surface area contributed by atoms with Crippen LogP contribution in [0.1, 0.15) is 23.7 Å². The lowest BCUT2D eigenvalue weighted by molar-refractivity contribution is -0.153. The van der Waals surface area contributed by atoms with Gasteiger partial charge >= 0.3 is 5.97 Å². The van der Waals surface area contributed by atoms with E-state index in [0.717, 1.165) is 0 Å². The lowest BCUT2D eigenvalue weighted by Crippen LogP contribution is -2.32. The Labute approximate surface area is 160 Å². The van der Waals surface area contributed by atoms with Gasteiger partial charge in [0.2, 0.25) is 0 Å². The van der Waals surface area contributed by atoms with E-state index in [1.807, 2.05) is 0 Å².